The maximum absolute atomic E-state index is 11.9. The second kappa shape index (κ2) is 38.3. The van der Waals surface area contributed by atoms with Gasteiger partial charge in [-0.2, -0.15) is 0 Å². The largest absolute Gasteiger partial charge is 0.463 e. The Bertz CT molecular complexity index is 501. The van der Waals surface area contributed by atoms with Crippen molar-refractivity contribution in [2.24, 2.45) is 0 Å². The minimum absolute atomic E-state index is 0.108. The van der Waals surface area contributed by atoms with Gasteiger partial charge in [-0.05, 0) is 12.8 Å². The Kier molecular flexibility index (Phi) is 37.7. The maximum atomic E-state index is 11.9. The fraction of sp³-hybridized carbons (Fsp3) is 0.972. The number of unbranched alkanes of at least 4 members (excludes halogenated alkanes) is 21. The molecule has 0 aliphatic heterocycles. The minimum Gasteiger partial charge on any atom is -0.463 e. The molecule has 0 aromatic heterocycles. The molecule has 0 saturated carbocycles. The van der Waals surface area contributed by atoms with Gasteiger partial charge in [0.25, 0.3) is 0 Å². The average molecular weight is 601 g/mol. The lowest BCUT2D eigenvalue weighted by molar-refractivity contribution is -0.145. The van der Waals surface area contributed by atoms with Crippen LogP contribution in [0.3, 0.4) is 0 Å². The minimum atomic E-state index is -0.108. The molecule has 0 heterocycles. The average Bonchev–Trinajstić information content (AvgIpc) is 3.00. The lowest BCUT2D eigenvalue weighted by Crippen LogP contribution is -2.14. The molecular weight excluding hydrogens is 528 g/mol. The molecule has 0 aliphatic carbocycles. The van der Waals surface area contributed by atoms with Crippen LogP contribution < -0.4 is 0 Å². The topological polar surface area (TPSA) is 63.2 Å². The Balaban J connectivity index is 3.13. The van der Waals surface area contributed by atoms with Gasteiger partial charge in [-0.25, -0.2) is 0 Å². The summed E-state index contributed by atoms with van der Waals surface area (Å²) < 4.78 is 27.4. The summed E-state index contributed by atoms with van der Waals surface area (Å²) in [5.74, 6) is -0.108. The summed E-state index contributed by atoms with van der Waals surface area (Å²) in [6.07, 6.45) is 31.0. The van der Waals surface area contributed by atoms with E-state index in [-0.39, 0.29) is 5.97 Å². The van der Waals surface area contributed by atoms with Crippen LogP contribution in [0.15, 0.2) is 0 Å². The van der Waals surface area contributed by atoms with Crippen LogP contribution in [-0.4, -0.2) is 65.4 Å². The van der Waals surface area contributed by atoms with Gasteiger partial charge >= 0.3 is 5.97 Å². The van der Waals surface area contributed by atoms with Gasteiger partial charge in [0.2, 0.25) is 0 Å². The highest BCUT2D eigenvalue weighted by Gasteiger charge is 2.03. The number of hydrogen-bond donors (Lipinski definition) is 0. The van der Waals surface area contributed by atoms with Gasteiger partial charge in [0.1, 0.15) is 6.61 Å². The Hall–Kier alpha value is -0.690. The molecule has 0 aliphatic rings. The van der Waals surface area contributed by atoms with Crippen molar-refractivity contribution >= 4 is 5.97 Å². The summed E-state index contributed by atoms with van der Waals surface area (Å²) in [6.45, 7) is 9.51. The summed E-state index contributed by atoms with van der Waals surface area (Å²) >= 11 is 0. The predicted molar refractivity (Wildman–Crippen MR) is 176 cm³/mol. The van der Waals surface area contributed by atoms with Crippen LogP contribution in [0.2, 0.25) is 0 Å². The number of ether oxygens (including phenoxy) is 5. The third kappa shape index (κ3) is 37.3. The molecule has 6 heteroatoms. The number of esters is 1. The van der Waals surface area contributed by atoms with Crippen molar-refractivity contribution in [1.82, 2.24) is 0 Å². The van der Waals surface area contributed by atoms with Crippen molar-refractivity contribution < 1.29 is 28.5 Å². The first kappa shape index (κ1) is 41.3. The fourth-order valence-electron chi connectivity index (χ4n) is 5.03. The highest BCUT2D eigenvalue weighted by Crippen LogP contribution is 2.14. The van der Waals surface area contributed by atoms with E-state index in [9.17, 15) is 4.79 Å². The normalized spacial score (nSPS) is 11.4. The van der Waals surface area contributed by atoms with Gasteiger partial charge in [-0.1, -0.05) is 149 Å². The molecule has 0 amide bonds. The van der Waals surface area contributed by atoms with E-state index >= 15 is 0 Å². The van der Waals surface area contributed by atoms with Crippen molar-refractivity contribution in [2.75, 3.05) is 59.5 Å². The molecule has 0 spiro atoms. The molecule has 0 radical (unpaired) electrons. The van der Waals surface area contributed by atoms with E-state index in [2.05, 4.69) is 13.8 Å². The molecule has 0 fully saturated rings. The SMILES string of the molecule is CCCCCCCCCCCCCCCCCC(=O)OCCOCCOCCOCCOCCCCCCCCCC. The van der Waals surface area contributed by atoms with Crippen LogP contribution in [-0.2, 0) is 28.5 Å². The molecule has 6 nitrogen and oxygen atoms in total. The van der Waals surface area contributed by atoms with Crippen LogP contribution >= 0.6 is 0 Å². The first-order valence-corrected chi connectivity index (χ1v) is 18.3. The third-order valence-corrected chi connectivity index (χ3v) is 7.73. The second-order valence-corrected chi connectivity index (χ2v) is 11.8. The van der Waals surface area contributed by atoms with Gasteiger partial charge in [0, 0.05) is 13.0 Å². The van der Waals surface area contributed by atoms with E-state index in [0.717, 1.165) is 25.9 Å². The van der Waals surface area contributed by atoms with Crippen LogP contribution in [0.4, 0.5) is 0 Å². The molecule has 0 aromatic rings. The van der Waals surface area contributed by atoms with Crippen LogP contribution in [0.25, 0.3) is 0 Å². The summed E-state index contributed by atoms with van der Waals surface area (Å²) in [7, 11) is 0. The Morgan fingerprint density at radius 2 is 0.619 bits per heavy atom. The summed E-state index contributed by atoms with van der Waals surface area (Å²) in [5, 5.41) is 0. The second-order valence-electron chi connectivity index (χ2n) is 11.8. The fourth-order valence-corrected chi connectivity index (χ4v) is 5.03. The summed E-state index contributed by atoms with van der Waals surface area (Å²) in [5.41, 5.74) is 0. The van der Waals surface area contributed by atoms with Gasteiger partial charge in [-0.3, -0.25) is 4.79 Å². The van der Waals surface area contributed by atoms with Crippen molar-refractivity contribution in [3.05, 3.63) is 0 Å². The zero-order valence-corrected chi connectivity index (χ0v) is 28.3. The van der Waals surface area contributed by atoms with Gasteiger partial charge in [0.05, 0.1) is 46.2 Å². The van der Waals surface area contributed by atoms with Crippen molar-refractivity contribution in [1.29, 1.82) is 0 Å². The number of rotatable bonds is 37. The van der Waals surface area contributed by atoms with Crippen molar-refractivity contribution in [3.8, 4) is 0 Å². The quantitative estimate of drug-likeness (QED) is 0.0522. The van der Waals surface area contributed by atoms with Crippen LogP contribution in [0.5, 0.6) is 0 Å². The van der Waals surface area contributed by atoms with E-state index in [1.807, 2.05) is 0 Å². The van der Waals surface area contributed by atoms with E-state index in [0.29, 0.717) is 59.3 Å². The Labute approximate surface area is 261 Å². The Morgan fingerprint density at radius 3 is 1.00 bits per heavy atom. The molecule has 0 saturated heterocycles. The van der Waals surface area contributed by atoms with Gasteiger partial charge in [-0.15, -0.1) is 0 Å². The number of carbonyl (C=O) groups is 1. The van der Waals surface area contributed by atoms with Crippen molar-refractivity contribution in [2.45, 2.75) is 168 Å². The zero-order chi connectivity index (χ0) is 30.4. The lowest BCUT2D eigenvalue weighted by atomic mass is 10.0. The van der Waals surface area contributed by atoms with Crippen molar-refractivity contribution in [3.63, 3.8) is 0 Å². The van der Waals surface area contributed by atoms with E-state index < -0.39 is 0 Å². The maximum Gasteiger partial charge on any atom is 0.305 e. The highest BCUT2D eigenvalue weighted by molar-refractivity contribution is 5.69. The lowest BCUT2D eigenvalue weighted by Gasteiger charge is -2.08. The molecular formula is C36H72O6. The third-order valence-electron chi connectivity index (χ3n) is 7.73. The molecule has 0 bridgehead atoms. The highest BCUT2D eigenvalue weighted by atomic mass is 16.6. The molecule has 0 atom stereocenters. The standard InChI is InChI=1S/C36H72O6/c1-3-5-7-9-11-13-14-15-16-17-18-19-20-22-24-26-36(37)42-35-34-41-33-32-40-31-30-39-29-28-38-27-25-23-21-12-10-8-6-4-2/h3-35H2,1-2H3. The monoisotopic (exact) mass is 601 g/mol. The first-order valence-electron chi connectivity index (χ1n) is 18.3. The summed E-state index contributed by atoms with van der Waals surface area (Å²) in [6, 6.07) is 0. The van der Waals surface area contributed by atoms with Crippen LogP contribution in [0, 0.1) is 0 Å². The van der Waals surface area contributed by atoms with E-state index in [1.54, 1.807) is 0 Å². The smallest absolute Gasteiger partial charge is 0.305 e. The Morgan fingerprint density at radius 1 is 0.333 bits per heavy atom. The molecule has 0 N–H and O–H groups in total. The van der Waals surface area contributed by atoms with Crippen LogP contribution in [0.1, 0.15) is 168 Å². The predicted octanol–water partition coefficient (Wildman–Crippen LogP) is 10.00. The molecule has 0 rings (SSSR count). The molecule has 0 aromatic carbocycles. The zero-order valence-electron chi connectivity index (χ0n) is 28.3. The molecule has 0 unspecified atom stereocenters. The molecule has 42 heavy (non-hydrogen) atoms. The van der Waals surface area contributed by atoms with Gasteiger partial charge in [0.15, 0.2) is 0 Å². The van der Waals surface area contributed by atoms with Gasteiger partial charge < -0.3 is 23.7 Å². The van der Waals surface area contributed by atoms with E-state index in [1.165, 1.54) is 128 Å². The first-order chi connectivity index (χ1) is 20.8. The summed E-state index contributed by atoms with van der Waals surface area (Å²) in [4.78, 5) is 11.9. The molecule has 252 valence electrons. The van der Waals surface area contributed by atoms with E-state index in [4.69, 9.17) is 23.7 Å². The number of hydrogen-bond acceptors (Lipinski definition) is 6. The number of carbonyl (C=O) groups excluding carboxylic acids is 1.